The van der Waals surface area contributed by atoms with Crippen molar-refractivity contribution in [2.24, 2.45) is 0 Å². The van der Waals surface area contributed by atoms with E-state index in [9.17, 15) is 35.7 Å². The van der Waals surface area contributed by atoms with Crippen molar-refractivity contribution in [3.05, 3.63) is 47.5 Å². The van der Waals surface area contributed by atoms with Crippen molar-refractivity contribution in [1.29, 1.82) is 0 Å². The fraction of sp³-hybridized carbons (Fsp3) is 0.400. The normalized spacial score (nSPS) is 27.0. The molecular formula is C20H24O9. The highest BCUT2D eigenvalue weighted by atomic mass is 16.7. The summed E-state index contributed by atoms with van der Waals surface area (Å²) in [7, 11) is 0. The van der Waals surface area contributed by atoms with Gasteiger partial charge in [0.25, 0.3) is 0 Å². The standard InChI is InChI=1S/C20H24O9/c21-9-16-17(25)18(26)19(27)20(29-16)28-15-7-10(3-4-14(15)24)1-2-11-5-12(22)8-13(23)6-11/h3-8,16-27H,1-2,9H2/t16-,17-,18+,19-,20-/m1/s1. The summed E-state index contributed by atoms with van der Waals surface area (Å²) >= 11 is 0. The summed E-state index contributed by atoms with van der Waals surface area (Å²) in [5.41, 5.74) is 1.47. The molecule has 1 heterocycles. The number of aliphatic hydroxyl groups is 4. The Morgan fingerprint density at radius 3 is 2.10 bits per heavy atom. The predicted molar refractivity (Wildman–Crippen MR) is 99.7 cm³/mol. The highest BCUT2D eigenvalue weighted by Gasteiger charge is 2.44. The van der Waals surface area contributed by atoms with Crippen LogP contribution in [-0.4, -0.2) is 73.1 Å². The van der Waals surface area contributed by atoms with Gasteiger partial charge in [0.2, 0.25) is 6.29 Å². The largest absolute Gasteiger partial charge is 0.508 e. The molecule has 9 heteroatoms. The molecule has 9 nitrogen and oxygen atoms in total. The number of phenols is 3. The van der Waals surface area contributed by atoms with Gasteiger partial charge in [-0.05, 0) is 48.2 Å². The Labute approximate surface area is 166 Å². The van der Waals surface area contributed by atoms with Gasteiger partial charge in [0, 0.05) is 6.07 Å². The first-order valence-corrected chi connectivity index (χ1v) is 9.09. The molecule has 0 aromatic heterocycles. The summed E-state index contributed by atoms with van der Waals surface area (Å²) in [6.07, 6.45) is -6.23. The first-order chi connectivity index (χ1) is 13.8. The van der Waals surface area contributed by atoms with Crippen LogP contribution >= 0.6 is 0 Å². The molecule has 0 aliphatic carbocycles. The first-order valence-electron chi connectivity index (χ1n) is 9.09. The molecule has 0 spiro atoms. The van der Waals surface area contributed by atoms with Crippen LogP contribution in [0, 0.1) is 0 Å². The van der Waals surface area contributed by atoms with Crippen LogP contribution < -0.4 is 4.74 Å². The van der Waals surface area contributed by atoms with Crippen molar-refractivity contribution >= 4 is 0 Å². The molecule has 0 bridgehead atoms. The van der Waals surface area contributed by atoms with E-state index in [0.717, 1.165) is 5.56 Å². The summed E-state index contributed by atoms with van der Waals surface area (Å²) in [6, 6.07) is 8.89. The molecule has 1 aliphatic heterocycles. The topological polar surface area (TPSA) is 160 Å². The summed E-state index contributed by atoms with van der Waals surface area (Å²) in [5.74, 6) is -0.319. The molecule has 0 radical (unpaired) electrons. The maximum absolute atomic E-state index is 10.1. The van der Waals surface area contributed by atoms with Gasteiger partial charge in [-0.15, -0.1) is 0 Å². The Bertz CT molecular complexity index is 818. The monoisotopic (exact) mass is 408 g/mol. The molecule has 2 aromatic rings. The lowest BCUT2D eigenvalue weighted by Crippen LogP contribution is -2.60. The lowest BCUT2D eigenvalue weighted by atomic mass is 9.99. The summed E-state index contributed by atoms with van der Waals surface area (Å²) in [5, 5.41) is 68.2. The smallest absolute Gasteiger partial charge is 0.229 e. The van der Waals surface area contributed by atoms with E-state index in [2.05, 4.69) is 0 Å². The van der Waals surface area contributed by atoms with Crippen LogP contribution in [0.5, 0.6) is 23.0 Å². The number of aromatic hydroxyl groups is 3. The van der Waals surface area contributed by atoms with Crippen LogP contribution in [0.2, 0.25) is 0 Å². The molecule has 5 atom stereocenters. The average molecular weight is 408 g/mol. The summed E-state index contributed by atoms with van der Waals surface area (Å²) in [6.45, 7) is -0.590. The Kier molecular flexibility index (Phi) is 6.46. The van der Waals surface area contributed by atoms with Crippen molar-refractivity contribution in [2.75, 3.05) is 6.61 Å². The molecule has 29 heavy (non-hydrogen) atoms. The number of benzene rings is 2. The van der Waals surface area contributed by atoms with Gasteiger partial charge in [-0.2, -0.15) is 0 Å². The van der Waals surface area contributed by atoms with Gasteiger partial charge in [0.15, 0.2) is 11.5 Å². The Hall–Kier alpha value is -2.56. The van der Waals surface area contributed by atoms with Gasteiger partial charge < -0.3 is 45.2 Å². The van der Waals surface area contributed by atoms with E-state index in [1.54, 1.807) is 6.07 Å². The van der Waals surface area contributed by atoms with Crippen molar-refractivity contribution in [3.8, 4) is 23.0 Å². The van der Waals surface area contributed by atoms with E-state index in [-0.39, 0.29) is 23.0 Å². The fourth-order valence-corrected chi connectivity index (χ4v) is 3.19. The number of phenolic OH excluding ortho intramolecular Hbond substituents is 3. The van der Waals surface area contributed by atoms with E-state index in [4.69, 9.17) is 9.47 Å². The number of rotatable bonds is 6. The minimum absolute atomic E-state index is 0.00872. The Morgan fingerprint density at radius 1 is 0.793 bits per heavy atom. The number of hydrogen-bond donors (Lipinski definition) is 7. The summed E-state index contributed by atoms with van der Waals surface area (Å²) in [4.78, 5) is 0. The molecule has 0 unspecified atom stereocenters. The van der Waals surface area contributed by atoms with E-state index < -0.39 is 37.3 Å². The zero-order chi connectivity index (χ0) is 21.1. The predicted octanol–water partition coefficient (Wildman–Crippen LogP) is -0.233. The van der Waals surface area contributed by atoms with Gasteiger partial charge in [-0.25, -0.2) is 0 Å². The van der Waals surface area contributed by atoms with Crippen LogP contribution in [0.15, 0.2) is 36.4 Å². The van der Waals surface area contributed by atoms with Gasteiger partial charge in [-0.1, -0.05) is 6.07 Å². The lowest BCUT2D eigenvalue weighted by molar-refractivity contribution is -0.277. The molecule has 7 N–H and O–H groups in total. The SMILES string of the molecule is OC[C@H]1O[C@@H](Oc2cc(CCc3cc(O)cc(O)c3)ccc2O)[C@H](O)[C@@H](O)[C@@H]1O. The van der Waals surface area contributed by atoms with Crippen LogP contribution in [-0.2, 0) is 17.6 Å². The van der Waals surface area contributed by atoms with E-state index in [1.165, 1.54) is 30.3 Å². The van der Waals surface area contributed by atoms with Crippen molar-refractivity contribution in [2.45, 2.75) is 43.5 Å². The van der Waals surface area contributed by atoms with Gasteiger partial charge in [0.05, 0.1) is 6.61 Å². The molecule has 0 amide bonds. The number of aryl methyl sites for hydroxylation is 2. The third-order valence-electron chi connectivity index (χ3n) is 4.78. The molecule has 3 rings (SSSR count). The van der Waals surface area contributed by atoms with Crippen molar-refractivity contribution in [1.82, 2.24) is 0 Å². The maximum atomic E-state index is 10.1. The minimum Gasteiger partial charge on any atom is -0.508 e. The van der Waals surface area contributed by atoms with E-state index in [1.807, 2.05) is 0 Å². The quantitative estimate of drug-likeness (QED) is 0.342. The minimum atomic E-state index is -1.59. The summed E-state index contributed by atoms with van der Waals surface area (Å²) < 4.78 is 10.8. The second kappa shape index (κ2) is 8.85. The van der Waals surface area contributed by atoms with Crippen LogP contribution in [0.3, 0.4) is 0 Å². The van der Waals surface area contributed by atoms with Crippen LogP contribution in [0.1, 0.15) is 11.1 Å². The van der Waals surface area contributed by atoms with Gasteiger partial charge >= 0.3 is 0 Å². The van der Waals surface area contributed by atoms with Gasteiger partial charge in [0.1, 0.15) is 35.9 Å². The molecule has 2 aromatic carbocycles. The average Bonchev–Trinajstić information content (AvgIpc) is 2.68. The molecule has 1 fully saturated rings. The molecule has 1 aliphatic rings. The Morgan fingerprint density at radius 2 is 1.45 bits per heavy atom. The van der Waals surface area contributed by atoms with Crippen molar-refractivity contribution < 1.29 is 45.2 Å². The molecular weight excluding hydrogens is 384 g/mol. The number of ether oxygens (including phenoxy) is 2. The fourth-order valence-electron chi connectivity index (χ4n) is 3.19. The van der Waals surface area contributed by atoms with E-state index >= 15 is 0 Å². The third kappa shape index (κ3) is 4.89. The van der Waals surface area contributed by atoms with Crippen molar-refractivity contribution in [3.63, 3.8) is 0 Å². The number of hydrogen-bond acceptors (Lipinski definition) is 9. The van der Waals surface area contributed by atoms with E-state index in [0.29, 0.717) is 18.4 Å². The Balaban J connectivity index is 1.71. The van der Waals surface area contributed by atoms with Crippen LogP contribution in [0.4, 0.5) is 0 Å². The second-order valence-corrected chi connectivity index (χ2v) is 6.97. The highest BCUT2D eigenvalue weighted by molar-refractivity contribution is 5.43. The number of aliphatic hydroxyl groups excluding tert-OH is 4. The zero-order valence-corrected chi connectivity index (χ0v) is 15.4. The second-order valence-electron chi connectivity index (χ2n) is 6.97. The first kappa shape index (κ1) is 21.2. The zero-order valence-electron chi connectivity index (χ0n) is 15.4. The maximum Gasteiger partial charge on any atom is 0.229 e. The van der Waals surface area contributed by atoms with Crippen LogP contribution in [0.25, 0.3) is 0 Å². The molecule has 0 saturated carbocycles. The molecule has 158 valence electrons. The lowest BCUT2D eigenvalue weighted by Gasteiger charge is -2.39. The van der Waals surface area contributed by atoms with Gasteiger partial charge in [-0.3, -0.25) is 0 Å². The molecule has 1 saturated heterocycles. The third-order valence-corrected chi connectivity index (χ3v) is 4.78. The highest BCUT2D eigenvalue weighted by Crippen LogP contribution is 2.32.